The second-order valence-corrected chi connectivity index (χ2v) is 7.32. The third kappa shape index (κ3) is 5.00. The molecule has 2 N–H and O–H groups in total. The van der Waals surface area contributed by atoms with Crippen molar-refractivity contribution in [2.24, 2.45) is 0 Å². The van der Waals surface area contributed by atoms with Crippen LogP contribution in [0.1, 0.15) is 23.6 Å². The number of nitrogens with zero attached hydrogens (tertiary/aromatic N) is 2. The lowest BCUT2D eigenvalue weighted by Crippen LogP contribution is -2.32. The third-order valence-electron chi connectivity index (χ3n) is 4.59. The quantitative estimate of drug-likeness (QED) is 0.681. The van der Waals surface area contributed by atoms with Gasteiger partial charge in [-0.2, -0.15) is 5.10 Å². The fraction of sp³-hybridized carbons (Fsp3) is 0.217. The van der Waals surface area contributed by atoms with Gasteiger partial charge >= 0.3 is 0 Å². The first-order valence-corrected chi connectivity index (χ1v) is 9.57. The summed E-state index contributed by atoms with van der Waals surface area (Å²) >= 11 is 0. The van der Waals surface area contributed by atoms with E-state index in [0.717, 1.165) is 26.9 Å². The lowest BCUT2D eigenvalue weighted by molar-refractivity contribution is -0.117. The van der Waals surface area contributed by atoms with Gasteiger partial charge in [-0.05, 0) is 44.0 Å². The topological polar surface area (TPSA) is 93.1 Å². The number of anilines is 2. The number of carbonyl (C=O) groups excluding carboxylic acids is 2. The average Bonchev–Trinajstić information content (AvgIpc) is 2.68. The molecular weight excluding hydrogens is 380 g/mol. The molecule has 30 heavy (non-hydrogen) atoms. The summed E-state index contributed by atoms with van der Waals surface area (Å²) < 4.78 is 1.07. The first kappa shape index (κ1) is 21.0. The van der Waals surface area contributed by atoms with Gasteiger partial charge in [-0.1, -0.05) is 42.0 Å². The van der Waals surface area contributed by atoms with Crippen molar-refractivity contribution in [2.45, 2.75) is 34.2 Å². The van der Waals surface area contributed by atoms with Crippen molar-refractivity contribution in [2.75, 3.05) is 10.6 Å². The second-order valence-electron chi connectivity index (χ2n) is 7.32. The molecule has 0 atom stereocenters. The van der Waals surface area contributed by atoms with E-state index in [4.69, 9.17) is 0 Å². The Kier molecular flexibility index (Phi) is 6.11. The van der Waals surface area contributed by atoms with Gasteiger partial charge in [-0.15, -0.1) is 0 Å². The predicted octanol–water partition coefficient (Wildman–Crippen LogP) is 3.43. The van der Waals surface area contributed by atoms with Crippen LogP contribution in [0.25, 0.3) is 11.3 Å². The van der Waals surface area contributed by atoms with E-state index in [1.165, 1.54) is 13.0 Å². The summed E-state index contributed by atoms with van der Waals surface area (Å²) in [7, 11) is 0. The van der Waals surface area contributed by atoms with Crippen LogP contribution in [0.5, 0.6) is 0 Å². The van der Waals surface area contributed by atoms with Crippen LogP contribution in [0.3, 0.4) is 0 Å². The standard InChI is InChI=1S/C23H24N4O3/c1-14-6-9-18(10-7-14)20-12-21(24-17(4)28)23(30)27(26-20)13-22(29)25-19-11-15(2)5-8-16(19)3/h5-12H,13H2,1-4H3,(H,24,28)(H,25,29). The maximum Gasteiger partial charge on any atom is 0.291 e. The lowest BCUT2D eigenvalue weighted by atomic mass is 10.1. The van der Waals surface area contributed by atoms with Crippen molar-refractivity contribution in [3.63, 3.8) is 0 Å². The van der Waals surface area contributed by atoms with E-state index < -0.39 is 5.56 Å². The molecule has 2 amide bonds. The molecule has 0 radical (unpaired) electrons. The number of nitrogens with one attached hydrogen (secondary N) is 2. The summed E-state index contributed by atoms with van der Waals surface area (Å²) in [5.41, 5.74) is 4.49. The largest absolute Gasteiger partial charge is 0.324 e. The Bertz CT molecular complexity index is 1160. The molecule has 0 aliphatic carbocycles. The molecule has 1 aromatic heterocycles. The van der Waals surface area contributed by atoms with Crippen LogP contribution in [0.4, 0.5) is 11.4 Å². The number of hydrogen-bond donors (Lipinski definition) is 2. The number of carbonyl (C=O) groups is 2. The zero-order valence-corrected chi connectivity index (χ0v) is 17.4. The highest BCUT2D eigenvalue weighted by atomic mass is 16.2. The van der Waals surface area contributed by atoms with Crippen LogP contribution in [-0.4, -0.2) is 21.6 Å². The van der Waals surface area contributed by atoms with Crippen LogP contribution in [0.2, 0.25) is 0 Å². The van der Waals surface area contributed by atoms with E-state index in [1.807, 2.05) is 63.2 Å². The number of rotatable bonds is 5. The Morgan fingerprint density at radius 3 is 2.23 bits per heavy atom. The zero-order valence-electron chi connectivity index (χ0n) is 17.4. The molecule has 0 aliphatic heterocycles. The molecule has 0 aliphatic rings. The molecular formula is C23H24N4O3. The maximum absolute atomic E-state index is 12.8. The van der Waals surface area contributed by atoms with Gasteiger partial charge in [0.05, 0.1) is 5.69 Å². The summed E-state index contributed by atoms with van der Waals surface area (Å²) in [5, 5.41) is 9.71. The maximum atomic E-state index is 12.8. The minimum Gasteiger partial charge on any atom is -0.324 e. The predicted molar refractivity (Wildman–Crippen MR) is 118 cm³/mol. The number of aryl methyl sites for hydroxylation is 3. The van der Waals surface area contributed by atoms with Crippen molar-refractivity contribution in [1.29, 1.82) is 0 Å². The lowest BCUT2D eigenvalue weighted by Gasteiger charge is -2.13. The Hall–Kier alpha value is -3.74. The summed E-state index contributed by atoms with van der Waals surface area (Å²) in [6, 6.07) is 14.9. The van der Waals surface area contributed by atoms with E-state index in [0.29, 0.717) is 11.4 Å². The van der Waals surface area contributed by atoms with Crippen LogP contribution in [0, 0.1) is 20.8 Å². The Balaban J connectivity index is 1.95. The molecule has 2 aromatic carbocycles. The van der Waals surface area contributed by atoms with Crippen LogP contribution < -0.4 is 16.2 Å². The molecule has 0 saturated heterocycles. The van der Waals surface area contributed by atoms with E-state index in [9.17, 15) is 14.4 Å². The smallest absolute Gasteiger partial charge is 0.291 e. The van der Waals surface area contributed by atoms with Gasteiger partial charge in [0, 0.05) is 18.2 Å². The summed E-state index contributed by atoms with van der Waals surface area (Å²) in [4.78, 5) is 36.9. The molecule has 0 spiro atoms. The average molecular weight is 404 g/mol. The molecule has 0 unspecified atom stereocenters. The summed E-state index contributed by atoms with van der Waals surface area (Å²) in [6.45, 7) is 6.85. The van der Waals surface area contributed by atoms with Gasteiger partial charge in [-0.3, -0.25) is 14.4 Å². The first-order chi connectivity index (χ1) is 14.2. The fourth-order valence-corrected chi connectivity index (χ4v) is 2.99. The van der Waals surface area contributed by atoms with Gasteiger partial charge in [0.25, 0.3) is 5.56 Å². The Morgan fingerprint density at radius 2 is 1.57 bits per heavy atom. The van der Waals surface area contributed by atoms with Crippen molar-refractivity contribution in [3.8, 4) is 11.3 Å². The van der Waals surface area contributed by atoms with Crippen molar-refractivity contribution >= 4 is 23.2 Å². The van der Waals surface area contributed by atoms with Crippen molar-refractivity contribution < 1.29 is 9.59 Å². The second kappa shape index (κ2) is 8.73. The van der Waals surface area contributed by atoms with E-state index in [2.05, 4.69) is 15.7 Å². The highest BCUT2D eigenvalue weighted by Gasteiger charge is 2.14. The van der Waals surface area contributed by atoms with Gasteiger partial charge < -0.3 is 10.6 Å². The normalized spacial score (nSPS) is 10.5. The SMILES string of the molecule is CC(=O)Nc1cc(-c2ccc(C)cc2)nn(CC(=O)Nc2cc(C)ccc2C)c1=O. The molecule has 0 fully saturated rings. The number of aromatic nitrogens is 2. The molecule has 3 rings (SSSR count). The summed E-state index contributed by atoms with van der Waals surface area (Å²) in [5.74, 6) is -0.757. The number of benzene rings is 2. The number of amides is 2. The minimum absolute atomic E-state index is 0.0765. The number of hydrogen-bond acceptors (Lipinski definition) is 4. The molecule has 154 valence electrons. The minimum atomic E-state index is -0.544. The zero-order chi connectivity index (χ0) is 21.8. The van der Waals surface area contributed by atoms with Gasteiger partial charge in [0.2, 0.25) is 11.8 Å². The Morgan fingerprint density at radius 1 is 0.900 bits per heavy atom. The van der Waals surface area contributed by atoms with E-state index in [-0.39, 0.29) is 24.0 Å². The van der Waals surface area contributed by atoms with Crippen molar-refractivity contribution in [1.82, 2.24) is 9.78 Å². The van der Waals surface area contributed by atoms with Crippen LogP contribution in [0.15, 0.2) is 53.3 Å². The fourth-order valence-electron chi connectivity index (χ4n) is 2.99. The first-order valence-electron chi connectivity index (χ1n) is 9.57. The molecule has 7 heteroatoms. The van der Waals surface area contributed by atoms with Crippen LogP contribution >= 0.6 is 0 Å². The molecule has 7 nitrogen and oxygen atoms in total. The van der Waals surface area contributed by atoms with Gasteiger partial charge in [-0.25, -0.2) is 4.68 Å². The molecule has 0 saturated carbocycles. The van der Waals surface area contributed by atoms with Crippen molar-refractivity contribution in [3.05, 3.63) is 75.6 Å². The monoisotopic (exact) mass is 404 g/mol. The van der Waals surface area contributed by atoms with E-state index >= 15 is 0 Å². The summed E-state index contributed by atoms with van der Waals surface area (Å²) in [6.07, 6.45) is 0. The van der Waals surface area contributed by atoms with Crippen LogP contribution in [-0.2, 0) is 16.1 Å². The molecule has 0 bridgehead atoms. The third-order valence-corrected chi connectivity index (χ3v) is 4.59. The van der Waals surface area contributed by atoms with Gasteiger partial charge in [0.1, 0.15) is 12.2 Å². The highest BCUT2D eigenvalue weighted by Crippen LogP contribution is 2.19. The molecule has 1 heterocycles. The highest BCUT2D eigenvalue weighted by molar-refractivity contribution is 5.92. The van der Waals surface area contributed by atoms with E-state index in [1.54, 1.807) is 0 Å². The molecule has 3 aromatic rings. The Labute approximate surface area is 174 Å². The van der Waals surface area contributed by atoms with Gasteiger partial charge in [0.15, 0.2) is 0 Å².